The van der Waals surface area contributed by atoms with Crippen molar-refractivity contribution in [1.82, 2.24) is 4.90 Å². The molecule has 1 aliphatic heterocycles. The Morgan fingerprint density at radius 3 is 2.64 bits per heavy atom. The van der Waals surface area contributed by atoms with Crippen LogP contribution in [-0.4, -0.2) is 60.0 Å². The Labute approximate surface area is 155 Å². The molecule has 0 radical (unpaired) electrons. The minimum atomic E-state index is -5.05. The monoisotopic (exact) mass is 405 g/mol. The molecule has 10 nitrogen and oxygen atoms in total. The summed E-state index contributed by atoms with van der Waals surface area (Å²) in [5, 5.41) is 22.6. The van der Waals surface area contributed by atoms with E-state index in [0.29, 0.717) is 6.07 Å². The minimum absolute atomic E-state index is 0.106. The molecule has 1 heterocycles. The number of nitrogens with one attached hydrogen (secondary N) is 1. The van der Waals surface area contributed by atoms with Gasteiger partial charge in [-0.1, -0.05) is 0 Å². The van der Waals surface area contributed by atoms with Gasteiger partial charge in [0.05, 0.1) is 36.8 Å². The van der Waals surface area contributed by atoms with Crippen LogP contribution in [0.1, 0.15) is 0 Å². The second-order valence-electron chi connectivity index (χ2n) is 5.40. The average molecular weight is 405 g/mol. The molecule has 152 valence electrons. The smallest absolute Gasteiger partial charge is 0.466 e. The van der Waals surface area contributed by atoms with E-state index in [-0.39, 0.29) is 30.0 Å². The van der Waals surface area contributed by atoms with Gasteiger partial charge in [-0.15, -0.1) is 13.2 Å². The first-order chi connectivity index (χ1) is 13.1. The molecule has 0 atom stereocenters. The van der Waals surface area contributed by atoms with Crippen LogP contribution in [-0.2, 0) is 14.3 Å². The van der Waals surface area contributed by atoms with Crippen LogP contribution < -0.4 is 10.1 Å². The SMILES string of the molecule is COC(=O)C1=C(Nc2ccc(OC(F)(F)F)cc2[N+](=O)[O-])C(=O)N(CCO)C1. The van der Waals surface area contributed by atoms with E-state index >= 15 is 0 Å². The van der Waals surface area contributed by atoms with Crippen LogP contribution in [0.15, 0.2) is 29.5 Å². The lowest BCUT2D eigenvalue weighted by atomic mass is 10.2. The van der Waals surface area contributed by atoms with Crippen molar-refractivity contribution in [3.8, 4) is 5.75 Å². The first kappa shape index (κ1) is 21.0. The number of methoxy groups -OCH3 is 1. The third kappa shape index (κ3) is 4.68. The van der Waals surface area contributed by atoms with Gasteiger partial charge >= 0.3 is 12.3 Å². The molecule has 1 amide bonds. The van der Waals surface area contributed by atoms with Crippen LogP contribution in [0.4, 0.5) is 24.5 Å². The normalized spacial score (nSPS) is 14.3. The number of aliphatic hydroxyl groups excluding tert-OH is 1. The first-order valence-corrected chi connectivity index (χ1v) is 7.60. The number of esters is 1. The predicted molar refractivity (Wildman–Crippen MR) is 86.1 cm³/mol. The number of nitro benzene ring substituents is 1. The molecule has 0 spiro atoms. The Morgan fingerprint density at radius 2 is 2.11 bits per heavy atom. The summed E-state index contributed by atoms with van der Waals surface area (Å²) in [4.78, 5) is 35.7. The lowest BCUT2D eigenvalue weighted by molar-refractivity contribution is -0.384. The van der Waals surface area contributed by atoms with Crippen LogP contribution in [0.2, 0.25) is 0 Å². The second-order valence-corrected chi connectivity index (χ2v) is 5.40. The number of rotatable bonds is 7. The molecule has 0 aromatic heterocycles. The number of carbonyl (C=O) groups excluding carboxylic acids is 2. The number of ether oxygens (including phenoxy) is 2. The van der Waals surface area contributed by atoms with Gasteiger partial charge in [0.15, 0.2) is 0 Å². The molecule has 2 N–H and O–H groups in total. The summed E-state index contributed by atoms with van der Waals surface area (Å²) >= 11 is 0. The van der Waals surface area contributed by atoms with Crippen LogP contribution in [0.25, 0.3) is 0 Å². The van der Waals surface area contributed by atoms with E-state index in [2.05, 4.69) is 14.8 Å². The van der Waals surface area contributed by atoms with Gasteiger partial charge in [-0.05, 0) is 12.1 Å². The van der Waals surface area contributed by atoms with Crippen molar-refractivity contribution >= 4 is 23.3 Å². The van der Waals surface area contributed by atoms with Crippen molar-refractivity contribution in [3.05, 3.63) is 39.6 Å². The van der Waals surface area contributed by atoms with E-state index in [1.807, 2.05) is 0 Å². The fourth-order valence-electron chi connectivity index (χ4n) is 2.45. The Morgan fingerprint density at radius 1 is 1.43 bits per heavy atom. The second kappa shape index (κ2) is 8.12. The van der Waals surface area contributed by atoms with Gasteiger partial charge in [0, 0.05) is 6.54 Å². The lowest BCUT2D eigenvalue weighted by Crippen LogP contribution is -2.31. The van der Waals surface area contributed by atoms with Crippen LogP contribution in [0, 0.1) is 10.1 Å². The molecule has 1 aromatic rings. The highest BCUT2D eigenvalue weighted by Gasteiger charge is 2.36. The van der Waals surface area contributed by atoms with E-state index < -0.39 is 41.2 Å². The zero-order chi connectivity index (χ0) is 21.1. The van der Waals surface area contributed by atoms with E-state index in [9.17, 15) is 32.9 Å². The minimum Gasteiger partial charge on any atom is -0.466 e. The summed E-state index contributed by atoms with van der Waals surface area (Å²) in [5.74, 6) is -2.44. The van der Waals surface area contributed by atoms with Gasteiger partial charge in [0.25, 0.3) is 11.6 Å². The third-order valence-electron chi connectivity index (χ3n) is 3.61. The van der Waals surface area contributed by atoms with Gasteiger partial charge in [-0.25, -0.2) is 4.79 Å². The molecular weight excluding hydrogens is 391 g/mol. The molecule has 0 fully saturated rings. The largest absolute Gasteiger partial charge is 0.573 e. The lowest BCUT2D eigenvalue weighted by Gasteiger charge is -2.15. The number of hydrogen-bond acceptors (Lipinski definition) is 8. The van der Waals surface area contributed by atoms with Crippen molar-refractivity contribution in [2.24, 2.45) is 0 Å². The molecule has 0 aliphatic carbocycles. The zero-order valence-corrected chi connectivity index (χ0v) is 14.3. The number of benzene rings is 1. The Kier molecular flexibility index (Phi) is 6.08. The van der Waals surface area contributed by atoms with E-state index in [4.69, 9.17) is 5.11 Å². The number of anilines is 1. The molecule has 2 rings (SSSR count). The molecule has 28 heavy (non-hydrogen) atoms. The van der Waals surface area contributed by atoms with Crippen molar-refractivity contribution in [2.45, 2.75) is 6.36 Å². The first-order valence-electron chi connectivity index (χ1n) is 7.60. The topological polar surface area (TPSA) is 131 Å². The van der Waals surface area contributed by atoms with Gasteiger partial charge < -0.3 is 24.8 Å². The van der Waals surface area contributed by atoms with Crippen molar-refractivity contribution in [2.75, 3.05) is 32.1 Å². The number of aliphatic hydroxyl groups is 1. The molecule has 1 aliphatic rings. The third-order valence-corrected chi connectivity index (χ3v) is 3.61. The predicted octanol–water partition coefficient (Wildman–Crippen LogP) is 1.17. The number of amides is 1. The molecule has 0 saturated carbocycles. The summed E-state index contributed by atoms with van der Waals surface area (Å²) < 4.78 is 45.1. The summed E-state index contributed by atoms with van der Waals surface area (Å²) in [7, 11) is 1.07. The molecule has 0 bridgehead atoms. The van der Waals surface area contributed by atoms with Crippen LogP contribution in [0.3, 0.4) is 0 Å². The summed E-state index contributed by atoms with van der Waals surface area (Å²) in [5.41, 5.74) is -1.64. The van der Waals surface area contributed by atoms with Crippen molar-refractivity contribution in [1.29, 1.82) is 0 Å². The number of nitro groups is 1. The van der Waals surface area contributed by atoms with Crippen molar-refractivity contribution in [3.63, 3.8) is 0 Å². The Hall–Kier alpha value is -3.35. The Bertz CT molecular complexity index is 839. The standard InChI is InChI=1S/C15H14F3N3O7/c1-27-14(24)9-7-20(4-5-22)13(23)12(9)19-10-3-2-8(28-15(16,17)18)6-11(10)21(25)26/h2-3,6,19,22H,4-5,7H2,1H3. The highest BCUT2D eigenvalue weighted by Crippen LogP contribution is 2.34. The number of nitrogens with zero attached hydrogens (tertiary/aromatic N) is 2. The average Bonchev–Trinajstić information content (AvgIpc) is 2.91. The number of hydrogen-bond donors (Lipinski definition) is 2. The fraction of sp³-hybridized carbons (Fsp3) is 0.333. The summed E-state index contributed by atoms with van der Waals surface area (Å²) in [6.45, 7) is -0.709. The molecule has 1 aromatic carbocycles. The highest BCUT2D eigenvalue weighted by atomic mass is 19.4. The molecule has 13 heteroatoms. The summed E-state index contributed by atoms with van der Waals surface area (Å²) in [6.07, 6.45) is -5.05. The maximum atomic E-state index is 12.4. The number of carbonyl (C=O) groups is 2. The van der Waals surface area contributed by atoms with Gasteiger partial charge in [-0.2, -0.15) is 0 Å². The van der Waals surface area contributed by atoms with E-state index in [1.54, 1.807) is 0 Å². The summed E-state index contributed by atoms with van der Waals surface area (Å²) in [6, 6.07) is 2.24. The quantitative estimate of drug-likeness (QED) is 0.393. The van der Waals surface area contributed by atoms with E-state index in [0.717, 1.165) is 24.1 Å². The van der Waals surface area contributed by atoms with Crippen LogP contribution >= 0.6 is 0 Å². The van der Waals surface area contributed by atoms with Gasteiger partial charge in [-0.3, -0.25) is 14.9 Å². The zero-order valence-electron chi connectivity index (χ0n) is 14.3. The maximum absolute atomic E-state index is 12.4. The highest BCUT2D eigenvalue weighted by molar-refractivity contribution is 6.08. The molecular formula is C15H14F3N3O7. The van der Waals surface area contributed by atoms with Gasteiger partial charge in [0.2, 0.25) is 0 Å². The van der Waals surface area contributed by atoms with Gasteiger partial charge in [0.1, 0.15) is 17.1 Å². The molecule has 0 saturated heterocycles. The van der Waals surface area contributed by atoms with E-state index in [1.165, 1.54) is 0 Å². The maximum Gasteiger partial charge on any atom is 0.573 e. The number of β-amino-alcohol motifs (C(OH)–C–C–N with tert-alkyl or cyclic N) is 1. The Balaban J connectivity index is 2.42. The van der Waals surface area contributed by atoms with Crippen molar-refractivity contribution < 1.29 is 42.3 Å². The number of alkyl halides is 3. The number of halogens is 3. The molecule has 0 unspecified atom stereocenters. The fourth-order valence-corrected chi connectivity index (χ4v) is 2.45. The van der Waals surface area contributed by atoms with Crippen LogP contribution in [0.5, 0.6) is 5.75 Å².